The van der Waals surface area contributed by atoms with Crippen LogP contribution in [0, 0.1) is 5.92 Å². The number of ether oxygens (including phenoxy) is 2. The lowest BCUT2D eigenvalue weighted by molar-refractivity contribution is -0.191. The fourth-order valence-electron chi connectivity index (χ4n) is 9.25. The van der Waals surface area contributed by atoms with Crippen molar-refractivity contribution in [3.63, 3.8) is 0 Å². The molecule has 0 spiro atoms. The van der Waals surface area contributed by atoms with Gasteiger partial charge in [0.25, 0.3) is 5.56 Å². The second kappa shape index (κ2) is 21.3. The van der Waals surface area contributed by atoms with Crippen molar-refractivity contribution in [1.82, 2.24) is 39.8 Å². The van der Waals surface area contributed by atoms with Crippen LogP contribution in [0.2, 0.25) is 0 Å². The van der Waals surface area contributed by atoms with E-state index >= 15 is 0 Å². The van der Waals surface area contributed by atoms with Crippen molar-refractivity contribution in [3.8, 4) is 11.4 Å². The number of likely N-dealkylation sites (tertiary alicyclic amines) is 1. The van der Waals surface area contributed by atoms with E-state index in [1.165, 1.54) is 4.90 Å². The summed E-state index contributed by atoms with van der Waals surface area (Å²) in [7, 11) is 5.77. The van der Waals surface area contributed by atoms with E-state index < -0.39 is 71.6 Å². The number of hydrogen-bond donors (Lipinski definition) is 4. The van der Waals surface area contributed by atoms with E-state index in [1.807, 2.05) is 38.4 Å². The van der Waals surface area contributed by atoms with Gasteiger partial charge in [-0.15, -0.1) is 0 Å². The molecule has 19 heteroatoms. The average Bonchev–Trinajstić information content (AvgIpc) is 3.92. The maximum atomic E-state index is 14.4. The van der Waals surface area contributed by atoms with Crippen molar-refractivity contribution in [3.05, 3.63) is 62.9 Å². The molecule has 6 rings (SSSR count). The highest BCUT2D eigenvalue weighted by molar-refractivity contribution is 5.97. The summed E-state index contributed by atoms with van der Waals surface area (Å²) in [6.45, 7) is 11.4. The number of aromatic nitrogens is 2. The van der Waals surface area contributed by atoms with Crippen molar-refractivity contribution in [2.75, 3.05) is 73.5 Å². The molecule has 1 fully saturated rings. The molecule has 5 heterocycles. The SMILES string of the molecule is CCc1c2c(nc3ccccc13)-c1cc3c(c(=O)n1C2)COC(=O)[C@@]3(CC)OC(=O)[C@@H](NC(=O)[C@@H]1CCCN1C(=O)[C@H](CC(N)=O)NC(=O)CN(C)CCN(C)CCN(C)CCN)C(C)C. The Morgan fingerprint density at radius 2 is 1.65 bits per heavy atom. The highest BCUT2D eigenvalue weighted by atomic mass is 16.6. The van der Waals surface area contributed by atoms with Gasteiger partial charge in [0.1, 0.15) is 24.7 Å². The van der Waals surface area contributed by atoms with Crippen LogP contribution in [0.1, 0.15) is 75.6 Å². The molecule has 6 N–H and O–H groups in total. The second-order valence-electron chi connectivity index (χ2n) is 18.1. The minimum Gasteiger partial charge on any atom is -0.457 e. The zero-order chi connectivity index (χ0) is 48.0. The molecule has 0 aliphatic carbocycles. The van der Waals surface area contributed by atoms with Gasteiger partial charge in [0.05, 0.1) is 42.0 Å². The number of amides is 4. The molecule has 0 saturated carbocycles. The van der Waals surface area contributed by atoms with Crippen LogP contribution in [-0.4, -0.2) is 156 Å². The number of likely N-dealkylation sites (N-methyl/N-ethyl adjacent to an activating group) is 3. The normalized spacial score (nSPS) is 18.6. The lowest BCUT2D eigenvalue weighted by Gasteiger charge is -2.37. The first-order valence-corrected chi connectivity index (χ1v) is 23.0. The first-order chi connectivity index (χ1) is 31.4. The van der Waals surface area contributed by atoms with E-state index in [-0.39, 0.29) is 55.8 Å². The number of fused-ring (bicyclic) bond motifs is 5. The minimum absolute atomic E-state index is 0.0542. The van der Waals surface area contributed by atoms with Crippen molar-refractivity contribution in [1.29, 1.82) is 0 Å². The molecule has 4 atom stereocenters. The number of aryl methyl sites for hydroxylation is 1. The number of esters is 2. The molecule has 0 unspecified atom stereocenters. The van der Waals surface area contributed by atoms with Gasteiger partial charge in [0, 0.05) is 62.3 Å². The molecule has 358 valence electrons. The number of nitrogens with two attached hydrogens (primary N) is 2. The van der Waals surface area contributed by atoms with Crippen LogP contribution in [0.5, 0.6) is 0 Å². The molecule has 3 aliphatic rings. The lowest BCUT2D eigenvalue weighted by Crippen LogP contribution is -2.58. The van der Waals surface area contributed by atoms with Gasteiger partial charge in [0.2, 0.25) is 29.2 Å². The fraction of sp³-hybridized carbons (Fsp3) is 0.574. The number of pyridine rings is 2. The molecule has 0 radical (unpaired) electrons. The Balaban J connectivity index is 1.16. The summed E-state index contributed by atoms with van der Waals surface area (Å²) in [6.07, 6.45) is 0.816. The van der Waals surface area contributed by atoms with E-state index in [4.69, 9.17) is 25.9 Å². The van der Waals surface area contributed by atoms with Crippen LogP contribution >= 0.6 is 0 Å². The van der Waals surface area contributed by atoms with Crippen molar-refractivity contribution in [2.24, 2.45) is 17.4 Å². The largest absolute Gasteiger partial charge is 0.457 e. The molecule has 0 bridgehead atoms. The van der Waals surface area contributed by atoms with E-state index in [9.17, 15) is 33.6 Å². The highest BCUT2D eigenvalue weighted by Crippen LogP contribution is 2.42. The van der Waals surface area contributed by atoms with Crippen molar-refractivity contribution < 1.29 is 38.2 Å². The summed E-state index contributed by atoms with van der Waals surface area (Å²) in [5.41, 5.74) is 13.0. The quantitative estimate of drug-likeness (QED) is 0.0830. The standard InChI is InChI=1S/C47H66N10O9/c1-8-29-30-13-10-11-14-34(30)51-41-31(29)25-57-37(41)23-33-32(43(57)61)27-65-46(64)47(33,9-2)66-45(63)40(28(3)4)52-42(60)36-15-12-17-56(36)44(62)35(24-38(49)58)50-39(59)26-55(7)22-21-54(6)20-19-53(5)18-16-48/h10-11,13-14,23,28,35-36,40H,8-9,12,15-22,24-27,48H2,1-7H3,(H2,49,58)(H,50,59)(H,52,60)/t35-,36-,40-,47-/m0/s1. The van der Waals surface area contributed by atoms with Gasteiger partial charge in [-0.25, -0.2) is 14.6 Å². The Bertz CT molecular complexity index is 2400. The predicted molar refractivity (Wildman–Crippen MR) is 247 cm³/mol. The molecule has 19 nitrogen and oxygen atoms in total. The summed E-state index contributed by atoms with van der Waals surface area (Å²) in [4.78, 5) is 108. The predicted octanol–water partition coefficient (Wildman–Crippen LogP) is 0.439. The van der Waals surface area contributed by atoms with Crippen LogP contribution in [-0.2, 0) is 63.4 Å². The number of rotatable bonds is 21. The third-order valence-electron chi connectivity index (χ3n) is 13.1. The Hall–Kier alpha value is -5.76. The third kappa shape index (κ3) is 10.4. The highest BCUT2D eigenvalue weighted by Gasteiger charge is 2.52. The van der Waals surface area contributed by atoms with E-state index in [2.05, 4.69) is 27.4 Å². The van der Waals surface area contributed by atoms with Crippen LogP contribution in [0.25, 0.3) is 22.3 Å². The smallest absolute Gasteiger partial charge is 0.355 e. The number of nitrogens with one attached hydrogen (secondary N) is 2. The Kier molecular flexibility index (Phi) is 16.0. The summed E-state index contributed by atoms with van der Waals surface area (Å²) in [5, 5.41) is 6.42. The molecule has 1 saturated heterocycles. The third-order valence-corrected chi connectivity index (χ3v) is 13.1. The number of carbonyl (C=O) groups excluding carboxylic acids is 6. The molecule has 2 aromatic heterocycles. The van der Waals surface area contributed by atoms with E-state index in [0.717, 1.165) is 41.7 Å². The van der Waals surface area contributed by atoms with Gasteiger partial charge in [-0.1, -0.05) is 45.9 Å². The second-order valence-corrected chi connectivity index (χ2v) is 18.1. The number of hydrogen-bond acceptors (Lipinski definition) is 14. The zero-order valence-corrected chi connectivity index (χ0v) is 39.3. The topological polar surface area (TPSA) is 245 Å². The maximum absolute atomic E-state index is 14.4. The number of para-hydroxylation sites is 1. The van der Waals surface area contributed by atoms with Crippen LogP contribution in [0.15, 0.2) is 35.1 Å². The van der Waals surface area contributed by atoms with Crippen molar-refractivity contribution >= 4 is 46.5 Å². The zero-order valence-electron chi connectivity index (χ0n) is 39.3. The molecule has 3 aliphatic heterocycles. The van der Waals surface area contributed by atoms with Gasteiger partial charge in [-0.05, 0) is 70.4 Å². The molecule has 3 aromatic rings. The molecule has 1 aromatic carbocycles. The number of benzene rings is 1. The number of nitrogens with zero attached hydrogens (tertiary/aromatic N) is 6. The van der Waals surface area contributed by atoms with Crippen LogP contribution in [0.3, 0.4) is 0 Å². The van der Waals surface area contributed by atoms with Crippen molar-refractivity contribution in [2.45, 2.75) is 96.7 Å². The first-order valence-electron chi connectivity index (χ1n) is 23.0. The van der Waals surface area contributed by atoms with Gasteiger partial charge < -0.3 is 50.8 Å². The fourth-order valence-corrected chi connectivity index (χ4v) is 9.25. The van der Waals surface area contributed by atoms with Crippen LogP contribution < -0.4 is 27.7 Å². The van der Waals surface area contributed by atoms with Crippen LogP contribution in [0.4, 0.5) is 0 Å². The molecule has 66 heavy (non-hydrogen) atoms. The number of carbonyl (C=O) groups is 6. The first kappa shape index (κ1) is 49.7. The summed E-state index contributed by atoms with van der Waals surface area (Å²) in [5.74, 6) is -4.97. The van der Waals surface area contributed by atoms with E-state index in [1.54, 1.807) is 43.4 Å². The van der Waals surface area contributed by atoms with E-state index in [0.29, 0.717) is 43.9 Å². The monoisotopic (exact) mass is 915 g/mol. The molecule has 4 amide bonds. The summed E-state index contributed by atoms with van der Waals surface area (Å²) >= 11 is 0. The summed E-state index contributed by atoms with van der Waals surface area (Å²) in [6, 6.07) is 5.79. The van der Waals surface area contributed by atoms with Gasteiger partial charge in [-0.3, -0.25) is 28.9 Å². The number of cyclic esters (lactones) is 1. The average molecular weight is 915 g/mol. The Morgan fingerprint density at radius 1 is 0.970 bits per heavy atom. The lowest BCUT2D eigenvalue weighted by atomic mass is 9.85. The maximum Gasteiger partial charge on any atom is 0.355 e. The Labute approximate surface area is 385 Å². The molecular weight excluding hydrogens is 849 g/mol. The summed E-state index contributed by atoms with van der Waals surface area (Å²) < 4.78 is 13.4. The molecular formula is C47H66N10O9. The number of primary amides is 1. The van der Waals surface area contributed by atoms with Gasteiger partial charge in [-0.2, -0.15) is 0 Å². The van der Waals surface area contributed by atoms with Gasteiger partial charge >= 0.3 is 11.9 Å². The Morgan fingerprint density at radius 3 is 2.30 bits per heavy atom. The minimum atomic E-state index is -2.02. The van der Waals surface area contributed by atoms with Gasteiger partial charge in [0.15, 0.2) is 0 Å².